The summed E-state index contributed by atoms with van der Waals surface area (Å²) in [6.45, 7) is 6.31. The van der Waals surface area contributed by atoms with Gasteiger partial charge in [0, 0.05) is 18.5 Å². The summed E-state index contributed by atoms with van der Waals surface area (Å²) in [4.78, 5) is 4.16. The molecule has 0 bridgehead atoms. The average molecular weight is 400 g/mol. The quantitative estimate of drug-likeness (QED) is 0.400. The Morgan fingerprint density at radius 1 is 1.14 bits per heavy atom. The van der Waals surface area contributed by atoms with Crippen LogP contribution in [-0.4, -0.2) is 30.4 Å². The van der Waals surface area contributed by atoms with E-state index in [4.69, 9.17) is 14.2 Å². The standard InChI is InChI=1S/C24H33NO4/c1-6-7-8-13-24(2,3)23(26)22(15-18-10-9-14-25-17-18)29-20-12-11-19(27-4)16-21(20)28-5/h9-12,14-17,23,26H,6-8,13H2,1-5H3. The minimum atomic E-state index is -0.786. The van der Waals surface area contributed by atoms with E-state index in [0.717, 1.165) is 31.2 Å². The van der Waals surface area contributed by atoms with Gasteiger partial charge in [-0.15, -0.1) is 0 Å². The number of aromatic nitrogens is 1. The number of ether oxygens (including phenoxy) is 3. The monoisotopic (exact) mass is 399 g/mol. The van der Waals surface area contributed by atoms with Crippen LogP contribution in [0.15, 0.2) is 48.5 Å². The summed E-state index contributed by atoms with van der Waals surface area (Å²) in [6, 6.07) is 9.13. The van der Waals surface area contributed by atoms with E-state index < -0.39 is 6.10 Å². The average Bonchev–Trinajstić information content (AvgIpc) is 2.73. The van der Waals surface area contributed by atoms with Crippen LogP contribution in [0.2, 0.25) is 0 Å². The Balaban J connectivity index is 2.37. The normalized spacial score (nSPS) is 13.1. The highest BCUT2D eigenvalue weighted by molar-refractivity contribution is 5.54. The van der Waals surface area contributed by atoms with Crippen molar-refractivity contribution >= 4 is 6.08 Å². The zero-order chi connectivity index (χ0) is 21.3. The van der Waals surface area contributed by atoms with E-state index in [1.54, 1.807) is 44.8 Å². The molecule has 0 aliphatic rings. The maximum Gasteiger partial charge on any atom is 0.169 e. The van der Waals surface area contributed by atoms with Gasteiger partial charge >= 0.3 is 0 Å². The number of nitrogens with zero attached hydrogens (tertiary/aromatic N) is 1. The minimum absolute atomic E-state index is 0.344. The van der Waals surface area contributed by atoms with Gasteiger partial charge in [-0.3, -0.25) is 4.98 Å². The number of benzene rings is 1. The zero-order valence-corrected chi connectivity index (χ0v) is 18.1. The lowest BCUT2D eigenvalue weighted by Gasteiger charge is -2.32. The summed E-state index contributed by atoms with van der Waals surface area (Å²) in [5.41, 5.74) is 0.515. The molecule has 1 aromatic carbocycles. The van der Waals surface area contributed by atoms with Gasteiger partial charge in [-0.2, -0.15) is 0 Å². The van der Waals surface area contributed by atoms with Gasteiger partial charge in [0.15, 0.2) is 11.5 Å². The predicted octanol–water partition coefficient (Wildman–Crippen LogP) is 5.49. The molecule has 0 amide bonds. The summed E-state index contributed by atoms with van der Waals surface area (Å²) in [5, 5.41) is 11.2. The van der Waals surface area contributed by atoms with Gasteiger partial charge in [0.1, 0.15) is 17.6 Å². The lowest BCUT2D eigenvalue weighted by Crippen LogP contribution is -2.33. The van der Waals surface area contributed by atoms with E-state index in [9.17, 15) is 5.11 Å². The van der Waals surface area contributed by atoms with Crippen molar-refractivity contribution < 1.29 is 19.3 Å². The lowest BCUT2D eigenvalue weighted by molar-refractivity contribution is 0.0441. The third kappa shape index (κ3) is 6.50. The summed E-state index contributed by atoms with van der Waals surface area (Å²) in [6.07, 6.45) is 8.76. The fourth-order valence-electron chi connectivity index (χ4n) is 3.13. The number of rotatable bonds is 11. The van der Waals surface area contributed by atoms with Crippen LogP contribution in [0.5, 0.6) is 17.2 Å². The molecule has 2 rings (SSSR count). The van der Waals surface area contributed by atoms with Crippen molar-refractivity contribution in [2.45, 2.75) is 52.6 Å². The van der Waals surface area contributed by atoms with Crippen molar-refractivity contribution in [2.24, 2.45) is 5.41 Å². The lowest BCUT2D eigenvalue weighted by atomic mass is 9.80. The molecule has 0 aliphatic carbocycles. The molecule has 1 N–H and O–H groups in total. The Kier molecular flexibility index (Phi) is 8.52. The molecule has 2 aromatic rings. The van der Waals surface area contributed by atoms with Gasteiger partial charge in [0.2, 0.25) is 0 Å². The number of pyridine rings is 1. The Hall–Kier alpha value is -2.53. The summed E-state index contributed by atoms with van der Waals surface area (Å²) in [7, 11) is 3.18. The van der Waals surface area contributed by atoms with Crippen molar-refractivity contribution in [3.63, 3.8) is 0 Å². The molecule has 1 unspecified atom stereocenters. The first kappa shape index (κ1) is 22.8. The topological polar surface area (TPSA) is 60.8 Å². The first-order chi connectivity index (χ1) is 13.9. The van der Waals surface area contributed by atoms with Crippen LogP contribution >= 0.6 is 0 Å². The Labute approximate surface area is 174 Å². The van der Waals surface area contributed by atoms with E-state index in [0.29, 0.717) is 23.0 Å². The Bertz CT molecular complexity index is 787. The highest BCUT2D eigenvalue weighted by atomic mass is 16.5. The molecule has 0 spiro atoms. The molecule has 158 valence electrons. The third-order valence-electron chi connectivity index (χ3n) is 5.03. The van der Waals surface area contributed by atoms with Crippen LogP contribution < -0.4 is 14.2 Å². The van der Waals surface area contributed by atoms with E-state index >= 15 is 0 Å². The van der Waals surface area contributed by atoms with Crippen LogP contribution in [0, 0.1) is 5.41 Å². The van der Waals surface area contributed by atoms with Crippen molar-refractivity contribution in [3.05, 3.63) is 54.0 Å². The molecule has 0 saturated carbocycles. The SMILES string of the molecule is CCCCCC(C)(C)C(O)C(=Cc1cccnc1)Oc1ccc(OC)cc1OC. The molecule has 29 heavy (non-hydrogen) atoms. The van der Waals surface area contributed by atoms with Gasteiger partial charge < -0.3 is 19.3 Å². The molecule has 5 nitrogen and oxygen atoms in total. The molecule has 0 radical (unpaired) electrons. The summed E-state index contributed by atoms with van der Waals surface area (Å²) in [5.74, 6) is 2.19. The van der Waals surface area contributed by atoms with E-state index in [1.807, 2.05) is 18.2 Å². The van der Waals surface area contributed by atoms with Gasteiger partial charge in [0.25, 0.3) is 0 Å². The molecular formula is C24H33NO4. The number of hydrogen-bond donors (Lipinski definition) is 1. The van der Waals surface area contributed by atoms with Crippen LogP contribution in [0.4, 0.5) is 0 Å². The number of aliphatic hydroxyl groups excluding tert-OH is 1. The molecule has 1 aromatic heterocycles. The number of unbranched alkanes of at least 4 members (excludes halogenated alkanes) is 2. The highest BCUT2D eigenvalue weighted by Gasteiger charge is 2.32. The van der Waals surface area contributed by atoms with Crippen molar-refractivity contribution in [1.29, 1.82) is 0 Å². The second kappa shape index (κ2) is 10.9. The molecule has 0 fully saturated rings. The number of hydrogen-bond acceptors (Lipinski definition) is 5. The van der Waals surface area contributed by atoms with Crippen LogP contribution in [0.1, 0.15) is 52.0 Å². The predicted molar refractivity (Wildman–Crippen MR) is 116 cm³/mol. The smallest absolute Gasteiger partial charge is 0.169 e. The fourth-order valence-corrected chi connectivity index (χ4v) is 3.13. The minimum Gasteiger partial charge on any atom is -0.497 e. The van der Waals surface area contributed by atoms with Gasteiger partial charge in [0.05, 0.1) is 14.2 Å². The Morgan fingerprint density at radius 3 is 2.55 bits per heavy atom. The highest BCUT2D eigenvalue weighted by Crippen LogP contribution is 2.37. The number of aliphatic hydroxyl groups is 1. The zero-order valence-electron chi connectivity index (χ0n) is 18.1. The van der Waals surface area contributed by atoms with Gasteiger partial charge in [-0.25, -0.2) is 0 Å². The molecule has 0 aliphatic heterocycles. The third-order valence-corrected chi connectivity index (χ3v) is 5.03. The van der Waals surface area contributed by atoms with Gasteiger partial charge in [-0.05, 0) is 41.7 Å². The largest absolute Gasteiger partial charge is 0.497 e. The van der Waals surface area contributed by atoms with Crippen LogP contribution in [0.3, 0.4) is 0 Å². The summed E-state index contributed by atoms with van der Waals surface area (Å²) >= 11 is 0. The van der Waals surface area contributed by atoms with Gasteiger partial charge in [-0.1, -0.05) is 46.1 Å². The van der Waals surface area contributed by atoms with Crippen molar-refractivity contribution in [3.8, 4) is 17.2 Å². The second-order valence-electron chi connectivity index (χ2n) is 7.80. The molecule has 0 saturated heterocycles. The fraction of sp³-hybridized carbons (Fsp3) is 0.458. The van der Waals surface area contributed by atoms with E-state index in [-0.39, 0.29) is 5.41 Å². The van der Waals surface area contributed by atoms with E-state index in [1.165, 1.54) is 0 Å². The molecule has 5 heteroatoms. The first-order valence-electron chi connectivity index (χ1n) is 10.1. The summed E-state index contributed by atoms with van der Waals surface area (Å²) < 4.78 is 16.9. The first-order valence-corrected chi connectivity index (χ1v) is 10.1. The molecule has 1 atom stereocenters. The molecule has 1 heterocycles. The molecular weight excluding hydrogens is 366 g/mol. The number of methoxy groups -OCH3 is 2. The Morgan fingerprint density at radius 2 is 1.93 bits per heavy atom. The van der Waals surface area contributed by atoms with E-state index in [2.05, 4.69) is 25.8 Å². The van der Waals surface area contributed by atoms with Crippen molar-refractivity contribution in [1.82, 2.24) is 4.98 Å². The van der Waals surface area contributed by atoms with Crippen molar-refractivity contribution in [2.75, 3.05) is 14.2 Å². The van der Waals surface area contributed by atoms with Crippen LogP contribution in [0.25, 0.3) is 6.08 Å². The second-order valence-corrected chi connectivity index (χ2v) is 7.80. The maximum absolute atomic E-state index is 11.2. The van der Waals surface area contributed by atoms with Crippen LogP contribution in [-0.2, 0) is 0 Å². The maximum atomic E-state index is 11.2.